The second-order valence-corrected chi connectivity index (χ2v) is 7.70. The number of anilines is 1. The molecule has 2 aromatic heterocycles. The topological polar surface area (TPSA) is 57.8 Å². The van der Waals surface area contributed by atoms with Crippen LogP contribution >= 0.6 is 43.2 Å². The molecule has 2 N–H and O–H groups in total. The first-order valence-corrected chi connectivity index (χ1v) is 8.48. The van der Waals surface area contributed by atoms with Crippen LogP contribution in [0.15, 0.2) is 32.5 Å². The highest BCUT2D eigenvalue weighted by Gasteiger charge is 2.35. The van der Waals surface area contributed by atoms with E-state index in [0.29, 0.717) is 4.88 Å². The Balaban J connectivity index is 1.96. The largest absolute Gasteiger partial charge is 0.449 e. The standard InChI is InChI=1S/C13H6Br2F3N3OS/c14-5-4-8(23-10(5)15)11(22)19-6-2-1-3-7-9(6)21-12(20-7)13(16,17)18/h1-4H,(H,19,22)(H,20,21). The number of fused-ring (bicyclic) bond motifs is 1. The number of para-hydroxylation sites is 1. The van der Waals surface area contributed by atoms with Crippen molar-refractivity contribution in [3.63, 3.8) is 0 Å². The van der Waals surface area contributed by atoms with Crippen LogP contribution in [0.1, 0.15) is 15.5 Å². The van der Waals surface area contributed by atoms with Crippen LogP contribution in [0.25, 0.3) is 11.0 Å². The van der Waals surface area contributed by atoms with Gasteiger partial charge in [-0.1, -0.05) is 6.07 Å². The molecule has 1 aromatic carbocycles. The number of nitrogens with zero attached hydrogens (tertiary/aromatic N) is 1. The molecule has 0 aliphatic carbocycles. The Morgan fingerprint density at radius 3 is 2.65 bits per heavy atom. The third kappa shape index (κ3) is 3.29. The molecule has 1 amide bonds. The molecule has 0 saturated carbocycles. The number of benzene rings is 1. The molecule has 0 radical (unpaired) electrons. The third-order valence-corrected chi connectivity index (χ3v) is 6.15. The molecule has 3 aromatic rings. The molecule has 23 heavy (non-hydrogen) atoms. The van der Waals surface area contributed by atoms with Gasteiger partial charge in [0.25, 0.3) is 5.91 Å². The maximum atomic E-state index is 12.7. The lowest BCUT2D eigenvalue weighted by molar-refractivity contribution is -0.144. The van der Waals surface area contributed by atoms with Gasteiger partial charge in [0.2, 0.25) is 5.82 Å². The van der Waals surface area contributed by atoms with Gasteiger partial charge in [-0.15, -0.1) is 11.3 Å². The van der Waals surface area contributed by atoms with E-state index in [1.807, 2.05) is 0 Å². The molecule has 0 atom stereocenters. The van der Waals surface area contributed by atoms with Gasteiger partial charge in [-0.05, 0) is 50.1 Å². The van der Waals surface area contributed by atoms with Gasteiger partial charge in [0.05, 0.1) is 19.9 Å². The molecule has 120 valence electrons. The average Bonchev–Trinajstić information content (AvgIpc) is 3.04. The molecule has 0 bridgehead atoms. The quantitative estimate of drug-likeness (QED) is 0.527. The minimum Gasteiger partial charge on any atom is -0.334 e. The van der Waals surface area contributed by atoms with Gasteiger partial charge in [0, 0.05) is 4.47 Å². The first-order valence-electron chi connectivity index (χ1n) is 6.08. The summed E-state index contributed by atoms with van der Waals surface area (Å²) in [5.41, 5.74) is 0.464. The number of hydrogen-bond donors (Lipinski definition) is 2. The summed E-state index contributed by atoms with van der Waals surface area (Å²) in [7, 11) is 0. The molecule has 0 unspecified atom stereocenters. The predicted octanol–water partition coefficient (Wildman–Crippen LogP) is 5.42. The van der Waals surface area contributed by atoms with Crippen LogP contribution in [-0.2, 0) is 6.18 Å². The molecule has 0 fully saturated rings. The highest BCUT2D eigenvalue weighted by atomic mass is 79.9. The summed E-state index contributed by atoms with van der Waals surface area (Å²) in [5.74, 6) is -1.53. The van der Waals surface area contributed by atoms with Gasteiger partial charge >= 0.3 is 6.18 Å². The number of halogens is 5. The van der Waals surface area contributed by atoms with Crippen molar-refractivity contribution in [3.05, 3.63) is 43.2 Å². The van der Waals surface area contributed by atoms with Crippen LogP contribution in [0.5, 0.6) is 0 Å². The predicted molar refractivity (Wildman–Crippen MR) is 88.8 cm³/mol. The fourth-order valence-electron chi connectivity index (χ4n) is 1.91. The third-order valence-electron chi connectivity index (χ3n) is 2.90. The van der Waals surface area contributed by atoms with Crippen LogP contribution < -0.4 is 5.32 Å². The molecule has 0 aliphatic rings. The van der Waals surface area contributed by atoms with E-state index in [2.05, 4.69) is 47.1 Å². The van der Waals surface area contributed by atoms with E-state index >= 15 is 0 Å². The van der Waals surface area contributed by atoms with Crippen molar-refractivity contribution in [1.29, 1.82) is 0 Å². The minimum absolute atomic E-state index is 0.0582. The molecule has 0 saturated heterocycles. The van der Waals surface area contributed by atoms with Gasteiger partial charge in [0.1, 0.15) is 5.52 Å². The Morgan fingerprint density at radius 2 is 2.04 bits per heavy atom. The second kappa shape index (κ2) is 5.91. The fourth-order valence-corrected chi connectivity index (χ4v) is 3.84. The number of rotatable bonds is 2. The Kier molecular flexibility index (Phi) is 4.23. The number of nitrogens with one attached hydrogen (secondary N) is 2. The maximum Gasteiger partial charge on any atom is 0.449 e. The number of carbonyl (C=O) groups excluding carboxylic acids is 1. The molecule has 2 heterocycles. The summed E-state index contributed by atoms with van der Waals surface area (Å²) >= 11 is 7.77. The highest BCUT2D eigenvalue weighted by Crippen LogP contribution is 2.34. The van der Waals surface area contributed by atoms with Gasteiger partial charge < -0.3 is 10.3 Å². The summed E-state index contributed by atoms with van der Waals surface area (Å²) in [5, 5.41) is 2.59. The number of aromatic amines is 1. The lowest BCUT2D eigenvalue weighted by atomic mass is 10.2. The zero-order valence-electron chi connectivity index (χ0n) is 11.0. The molecule has 4 nitrogen and oxygen atoms in total. The number of hydrogen-bond acceptors (Lipinski definition) is 3. The number of imidazole rings is 1. The molecular weight excluding hydrogens is 463 g/mol. The Morgan fingerprint density at radius 1 is 1.30 bits per heavy atom. The molecule has 10 heteroatoms. The normalized spacial score (nSPS) is 11.9. The van der Waals surface area contributed by atoms with Gasteiger partial charge in [0.15, 0.2) is 0 Å². The van der Waals surface area contributed by atoms with Crippen LogP contribution in [0, 0.1) is 0 Å². The highest BCUT2D eigenvalue weighted by molar-refractivity contribution is 9.13. The second-order valence-electron chi connectivity index (χ2n) is 4.47. The van der Waals surface area contributed by atoms with E-state index in [1.165, 1.54) is 29.5 Å². The molecule has 0 aliphatic heterocycles. The number of alkyl halides is 3. The summed E-state index contributed by atoms with van der Waals surface area (Å²) in [4.78, 5) is 18.4. The smallest absolute Gasteiger partial charge is 0.334 e. The Bertz CT molecular complexity index is 884. The monoisotopic (exact) mass is 467 g/mol. The first kappa shape index (κ1) is 16.5. The van der Waals surface area contributed by atoms with E-state index < -0.39 is 17.9 Å². The molecule has 3 rings (SSSR count). The average molecular weight is 469 g/mol. The molecular formula is C13H6Br2F3N3OS. The zero-order chi connectivity index (χ0) is 16.8. The summed E-state index contributed by atoms with van der Waals surface area (Å²) in [6.07, 6.45) is -4.58. The van der Waals surface area contributed by atoms with E-state index in [1.54, 1.807) is 6.07 Å². The Hall–Kier alpha value is -1.39. The number of amides is 1. The van der Waals surface area contributed by atoms with Crippen molar-refractivity contribution < 1.29 is 18.0 Å². The fraction of sp³-hybridized carbons (Fsp3) is 0.0769. The van der Waals surface area contributed by atoms with E-state index in [0.717, 1.165) is 8.26 Å². The van der Waals surface area contributed by atoms with Crippen molar-refractivity contribution in [2.45, 2.75) is 6.18 Å². The van der Waals surface area contributed by atoms with Gasteiger partial charge in [-0.2, -0.15) is 13.2 Å². The van der Waals surface area contributed by atoms with Crippen LogP contribution in [0.3, 0.4) is 0 Å². The van der Waals surface area contributed by atoms with Crippen LogP contribution in [0.2, 0.25) is 0 Å². The number of thiophene rings is 1. The summed E-state index contributed by atoms with van der Waals surface area (Å²) < 4.78 is 39.7. The zero-order valence-corrected chi connectivity index (χ0v) is 15.0. The van der Waals surface area contributed by atoms with Crippen molar-refractivity contribution >= 4 is 65.8 Å². The lowest BCUT2D eigenvalue weighted by Crippen LogP contribution is -2.10. The SMILES string of the molecule is O=C(Nc1cccc2[nH]c(C(F)(F)F)nc12)c1cc(Br)c(Br)s1. The van der Waals surface area contributed by atoms with Crippen molar-refractivity contribution in [2.75, 3.05) is 5.32 Å². The van der Waals surface area contributed by atoms with Gasteiger partial charge in [-0.3, -0.25) is 4.79 Å². The van der Waals surface area contributed by atoms with Crippen molar-refractivity contribution in [1.82, 2.24) is 9.97 Å². The van der Waals surface area contributed by atoms with Gasteiger partial charge in [-0.25, -0.2) is 4.98 Å². The first-order chi connectivity index (χ1) is 10.8. The summed E-state index contributed by atoms with van der Waals surface area (Å²) in [6.45, 7) is 0. The van der Waals surface area contributed by atoms with Crippen molar-refractivity contribution in [2.24, 2.45) is 0 Å². The van der Waals surface area contributed by atoms with E-state index in [9.17, 15) is 18.0 Å². The minimum atomic E-state index is -4.58. The van der Waals surface area contributed by atoms with Crippen LogP contribution in [0.4, 0.5) is 18.9 Å². The lowest BCUT2D eigenvalue weighted by Gasteiger charge is -2.04. The molecule has 0 spiro atoms. The van der Waals surface area contributed by atoms with Crippen LogP contribution in [-0.4, -0.2) is 15.9 Å². The number of carbonyl (C=O) groups is 1. The van der Waals surface area contributed by atoms with Crippen molar-refractivity contribution in [3.8, 4) is 0 Å². The van der Waals surface area contributed by atoms with E-state index in [-0.39, 0.29) is 16.7 Å². The Labute approximate surface area is 148 Å². The number of H-pyrrole nitrogens is 1. The number of aromatic nitrogens is 2. The maximum absolute atomic E-state index is 12.7. The van der Waals surface area contributed by atoms with E-state index in [4.69, 9.17) is 0 Å². The summed E-state index contributed by atoms with van der Waals surface area (Å²) in [6, 6.07) is 6.12.